The van der Waals surface area contributed by atoms with E-state index >= 15 is 0 Å². The molecule has 0 aromatic carbocycles. The van der Waals surface area contributed by atoms with Crippen LogP contribution in [0.15, 0.2) is 0 Å². The smallest absolute Gasteiger partial charge is 0.306 e. The molecule has 0 aliphatic rings. The molecule has 6 nitrogen and oxygen atoms in total. The Labute approximate surface area is 374 Å². The summed E-state index contributed by atoms with van der Waals surface area (Å²) < 4.78 is 16.8. The maximum Gasteiger partial charge on any atom is 0.306 e. The second-order valence-corrected chi connectivity index (χ2v) is 19.5. The second kappa shape index (κ2) is 46.9. The normalized spacial score (nSPS) is 12.1. The highest BCUT2D eigenvalue weighted by molar-refractivity contribution is 5.71. The first-order valence-electron chi connectivity index (χ1n) is 26.7. The Bertz CT molecular complexity index is 916. The Hall–Kier alpha value is -1.59. The van der Waals surface area contributed by atoms with E-state index < -0.39 is 6.10 Å². The summed E-state index contributed by atoms with van der Waals surface area (Å²) in [7, 11) is 0. The van der Waals surface area contributed by atoms with E-state index in [0.717, 1.165) is 69.6 Å². The molecule has 6 heteroatoms. The molecule has 0 bridgehead atoms. The quantitative estimate of drug-likeness (QED) is 0.0345. The number of rotatable bonds is 48. The summed E-state index contributed by atoms with van der Waals surface area (Å²) in [5, 5.41) is 0. The van der Waals surface area contributed by atoms with Crippen LogP contribution in [0.2, 0.25) is 0 Å². The zero-order chi connectivity index (χ0) is 44.0. The van der Waals surface area contributed by atoms with E-state index in [4.69, 9.17) is 14.2 Å². The number of ether oxygens (including phenoxy) is 3. The topological polar surface area (TPSA) is 78.9 Å². The van der Waals surface area contributed by atoms with Crippen molar-refractivity contribution >= 4 is 17.9 Å². The monoisotopic (exact) mass is 849 g/mol. The van der Waals surface area contributed by atoms with E-state index in [1.807, 2.05) is 0 Å². The zero-order valence-corrected chi connectivity index (χ0v) is 41.1. The Morgan fingerprint density at radius 3 is 0.817 bits per heavy atom. The molecule has 60 heavy (non-hydrogen) atoms. The van der Waals surface area contributed by atoms with Crippen molar-refractivity contribution in [1.82, 2.24) is 0 Å². The highest BCUT2D eigenvalue weighted by Gasteiger charge is 2.19. The fraction of sp³-hybridized carbons (Fsp3) is 0.944. The molecule has 0 aromatic heterocycles. The number of esters is 3. The molecule has 0 spiro atoms. The van der Waals surface area contributed by atoms with Gasteiger partial charge in [0.25, 0.3) is 0 Å². The summed E-state index contributed by atoms with van der Waals surface area (Å²) >= 11 is 0. The van der Waals surface area contributed by atoms with Crippen LogP contribution < -0.4 is 0 Å². The van der Waals surface area contributed by atoms with Crippen molar-refractivity contribution in [3.8, 4) is 0 Å². The molecular formula is C54H104O6. The van der Waals surface area contributed by atoms with Crippen molar-refractivity contribution in [1.29, 1.82) is 0 Å². The lowest BCUT2D eigenvalue weighted by atomic mass is 10.0. The lowest BCUT2D eigenvalue weighted by Crippen LogP contribution is -2.30. The third-order valence-electron chi connectivity index (χ3n) is 12.2. The molecule has 0 rings (SSSR count). The van der Waals surface area contributed by atoms with Crippen LogP contribution >= 0.6 is 0 Å². The van der Waals surface area contributed by atoms with Crippen molar-refractivity contribution in [2.75, 3.05) is 13.2 Å². The summed E-state index contributed by atoms with van der Waals surface area (Å²) in [6.07, 6.45) is 48.1. The van der Waals surface area contributed by atoms with Crippen LogP contribution in [0.25, 0.3) is 0 Å². The van der Waals surface area contributed by atoms with Gasteiger partial charge in [-0.2, -0.15) is 0 Å². The summed E-state index contributed by atoms with van der Waals surface area (Å²) in [6.45, 7) is 11.4. The zero-order valence-electron chi connectivity index (χ0n) is 41.1. The van der Waals surface area contributed by atoms with E-state index in [1.54, 1.807) is 0 Å². The highest BCUT2D eigenvalue weighted by Crippen LogP contribution is 2.17. The van der Waals surface area contributed by atoms with Crippen molar-refractivity contribution in [2.24, 2.45) is 11.8 Å². The van der Waals surface area contributed by atoms with Crippen LogP contribution in [0.1, 0.15) is 298 Å². The van der Waals surface area contributed by atoms with Crippen LogP contribution in [0, 0.1) is 11.8 Å². The van der Waals surface area contributed by atoms with Gasteiger partial charge in [-0.25, -0.2) is 0 Å². The lowest BCUT2D eigenvalue weighted by molar-refractivity contribution is -0.167. The molecule has 0 aliphatic carbocycles. The summed E-state index contributed by atoms with van der Waals surface area (Å²) in [4.78, 5) is 38.0. The first-order valence-corrected chi connectivity index (χ1v) is 26.7. The summed E-state index contributed by atoms with van der Waals surface area (Å²) in [6, 6.07) is 0. The molecule has 0 fully saturated rings. The van der Waals surface area contributed by atoms with Gasteiger partial charge in [0.05, 0.1) is 0 Å². The van der Waals surface area contributed by atoms with Gasteiger partial charge in [0.15, 0.2) is 6.10 Å². The van der Waals surface area contributed by atoms with Gasteiger partial charge in [0.2, 0.25) is 0 Å². The van der Waals surface area contributed by atoms with Crippen molar-refractivity contribution in [2.45, 2.75) is 304 Å². The van der Waals surface area contributed by atoms with Gasteiger partial charge < -0.3 is 14.2 Å². The van der Waals surface area contributed by atoms with Crippen LogP contribution in [0.4, 0.5) is 0 Å². The maximum absolute atomic E-state index is 12.8. The largest absolute Gasteiger partial charge is 0.462 e. The van der Waals surface area contributed by atoms with E-state index in [9.17, 15) is 14.4 Å². The van der Waals surface area contributed by atoms with E-state index in [1.165, 1.54) is 186 Å². The molecule has 0 heterocycles. The first kappa shape index (κ1) is 58.4. The standard InChI is InChI=1S/C54H104O6/c1-6-7-8-9-10-11-12-13-14-15-16-17-18-25-31-36-41-46-54(57)60-51(48-59-53(56)45-40-35-30-26-21-23-28-33-38-43-50(4)5)47-58-52(55)44-39-34-29-24-20-19-22-27-32-37-42-49(2)3/h49-51H,6-48H2,1-5H3/t51-/m1/s1. The van der Waals surface area contributed by atoms with E-state index in [-0.39, 0.29) is 31.1 Å². The molecule has 0 saturated carbocycles. The highest BCUT2D eigenvalue weighted by atomic mass is 16.6. The van der Waals surface area contributed by atoms with Crippen LogP contribution in [-0.2, 0) is 28.6 Å². The molecule has 0 unspecified atom stereocenters. The Morgan fingerprint density at radius 1 is 0.317 bits per heavy atom. The third-order valence-corrected chi connectivity index (χ3v) is 12.2. The maximum atomic E-state index is 12.8. The van der Waals surface area contributed by atoms with Gasteiger partial charge in [-0.05, 0) is 31.1 Å². The van der Waals surface area contributed by atoms with Crippen molar-refractivity contribution < 1.29 is 28.6 Å². The predicted octanol–water partition coefficient (Wildman–Crippen LogP) is 17.3. The fourth-order valence-corrected chi connectivity index (χ4v) is 8.17. The number of carbonyl (C=O) groups excluding carboxylic acids is 3. The van der Waals surface area contributed by atoms with E-state index in [0.29, 0.717) is 19.3 Å². The van der Waals surface area contributed by atoms with Gasteiger partial charge >= 0.3 is 17.9 Å². The van der Waals surface area contributed by atoms with Gasteiger partial charge in [-0.3, -0.25) is 14.4 Å². The van der Waals surface area contributed by atoms with Crippen LogP contribution in [-0.4, -0.2) is 37.2 Å². The fourth-order valence-electron chi connectivity index (χ4n) is 8.17. The second-order valence-electron chi connectivity index (χ2n) is 19.5. The van der Waals surface area contributed by atoms with Crippen molar-refractivity contribution in [3.63, 3.8) is 0 Å². The number of unbranched alkanes of at least 4 members (excludes halogenated alkanes) is 33. The van der Waals surface area contributed by atoms with E-state index in [2.05, 4.69) is 34.6 Å². The minimum absolute atomic E-state index is 0.0639. The Balaban J connectivity index is 4.30. The SMILES string of the molecule is CCCCCCCCCCCCCCCCCCCC(=O)O[C@H](COC(=O)CCCCCCCCCCCCC(C)C)COC(=O)CCCCCCCCCCCC(C)C. The average molecular weight is 849 g/mol. The van der Waals surface area contributed by atoms with Crippen LogP contribution in [0.5, 0.6) is 0 Å². The van der Waals surface area contributed by atoms with Gasteiger partial charge in [0, 0.05) is 19.3 Å². The number of hydrogen-bond acceptors (Lipinski definition) is 6. The molecule has 0 aromatic rings. The van der Waals surface area contributed by atoms with Gasteiger partial charge in [-0.15, -0.1) is 0 Å². The Morgan fingerprint density at radius 2 is 0.550 bits per heavy atom. The van der Waals surface area contributed by atoms with Gasteiger partial charge in [0.1, 0.15) is 13.2 Å². The number of carbonyl (C=O) groups is 3. The summed E-state index contributed by atoms with van der Waals surface area (Å²) in [5.41, 5.74) is 0. The predicted molar refractivity (Wildman–Crippen MR) is 256 cm³/mol. The molecule has 0 N–H and O–H groups in total. The minimum Gasteiger partial charge on any atom is -0.462 e. The van der Waals surface area contributed by atoms with Crippen molar-refractivity contribution in [3.05, 3.63) is 0 Å². The third kappa shape index (κ3) is 47.5. The summed E-state index contributed by atoms with van der Waals surface area (Å²) in [5.74, 6) is 0.780. The first-order chi connectivity index (χ1) is 29.2. The molecular weight excluding hydrogens is 745 g/mol. The Kier molecular flexibility index (Phi) is 45.7. The molecule has 1 atom stereocenters. The molecule has 0 saturated heterocycles. The average Bonchev–Trinajstić information content (AvgIpc) is 3.22. The lowest BCUT2D eigenvalue weighted by Gasteiger charge is -2.18. The number of hydrogen-bond donors (Lipinski definition) is 0. The molecule has 0 radical (unpaired) electrons. The van der Waals surface area contributed by atoms with Crippen LogP contribution in [0.3, 0.4) is 0 Å². The van der Waals surface area contributed by atoms with Gasteiger partial charge in [-0.1, -0.05) is 259 Å². The molecule has 0 aliphatic heterocycles. The molecule has 356 valence electrons. The molecule has 0 amide bonds. The minimum atomic E-state index is -0.762.